The summed E-state index contributed by atoms with van der Waals surface area (Å²) in [5, 5.41) is 4.35. The fourth-order valence-electron chi connectivity index (χ4n) is 6.26. The molecule has 1 atom stereocenters. The maximum atomic E-state index is 13.4. The third-order valence-electron chi connectivity index (χ3n) is 8.32. The van der Waals surface area contributed by atoms with E-state index in [1.165, 1.54) is 40.8 Å². The van der Waals surface area contributed by atoms with Crippen molar-refractivity contribution in [2.45, 2.75) is 44.6 Å². The molecular weight excluding hydrogens is 498 g/mol. The van der Waals surface area contributed by atoms with Crippen molar-refractivity contribution in [2.75, 3.05) is 32.7 Å². The second-order valence-corrected chi connectivity index (χ2v) is 10.8. The number of benzene rings is 2. The van der Waals surface area contributed by atoms with Crippen LogP contribution in [0.4, 0.5) is 8.78 Å². The number of nitrogens with zero attached hydrogens (tertiary/aromatic N) is 2. The van der Waals surface area contributed by atoms with Crippen molar-refractivity contribution in [1.29, 1.82) is 0 Å². The van der Waals surface area contributed by atoms with Gasteiger partial charge in [-0.05, 0) is 86.0 Å². The molecule has 6 nitrogen and oxygen atoms in total. The second kappa shape index (κ2) is 12.1. The quantitative estimate of drug-likeness (QED) is 0.416. The molecule has 3 aromatic rings. The molecule has 2 fully saturated rings. The van der Waals surface area contributed by atoms with Gasteiger partial charge in [-0.15, -0.1) is 0 Å². The van der Waals surface area contributed by atoms with Crippen LogP contribution in [0.3, 0.4) is 0 Å². The Labute approximate surface area is 228 Å². The number of carbonyl (C=O) groups is 2. The minimum atomic E-state index is -0.668. The molecule has 2 aliphatic rings. The zero-order valence-electron chi connectivity index (χ0n) is 22.3. The van der Waals surface area contributed by atoms with E-state index < -0.39 is 11.6 Å². The Balaban J connectivity index is 1.19. The van der Waals surface area contributed by atoms with Crippen LogP contribution in [0.2, 0.25) is 0 Å². The van der Waals surface area contributed by atoms with Crippen molar-refractivity contribution < 1.29 is 18.4 Å². The van der Waals surface area contributed by atoms with E-state index in [2.05, 4.69) is 45.7 Å². The number of piperidine rings is 2. The van der Waals surface area contributed by atoms with Crippen LogP contribution in [0, 0.1) is 17.6 Å². The Morgan fingerprint density at radius 2 is 1.72 bits per heavy atom. The molecule has 206 valence electrons. The summed E-state index contributed by atoms with van der Waals surface area (Å²) in [6.45, 7) is 5.34. The molecule has 2 N–H and O–H groups in total. The maximum Gasteiger partial charge on any atom is 0.246 e. The number of hydrogen-bond donors (Lipinski definition) is 2. The molecule has 2 amide bonds. The van der Waals surface area contributed by atoms with Crippen LogP contribution in [-0.4, -0.2) is 65.4 Å². The van der Waals surface area contributed by atoms with Crippen LogP contribution in [0.1, 0.15) is 49.7 Å². The lowest BCUT2D eigenvalue weighted by atomic mass is 9.84. The predicted octanol–water partition coefficient (Wildman–Crippen LogP) is 5.08. The number of likely N-dealkylation sites (tertiary alicyclic amines) is 2. The van der Waals surface area contributed by atoms with Gasteiger partial charge in [0.15, 0.2) is 0 Å². The topological polar surface area (TPSA) is 68.4 Å². The van der Waals surface area contributed by atoms with Crippen LogP contribution in [0.5, 0.6) is 0 Å². The van der Waals surface area contributed by atoms with Gasteiger partial charge < -0.3 is 15.2 Å². The van der Waals surface area contributed by atoms with Crippen molar-refractivity contribution in [1.82, 2.24) is 20.1 Å². The van der Waals surface area contributed by atoms with Gasteiger partial charge in [0.2, 0.25) is 11.8 Å². The molecule has 0 spiro atoms. The van der Waals surface area contributed by atoms with E-state index >= 15 is 0 Å². The average Bonchev–Trinajstić information content (AvgIpc) is 3.36. The number of nitrogens with one attached hydrogen (secondary N) is 2. The first kappa shape index (κ1) is 27.1. The van der Waals surface area contributed by atoms with Crippen LogP contribution in [0.15, 0.2) is 54.7 Å². The summed E-state index contributed by atoms with van der Waals surface area (Å²) in [4.78, 5) is 32.3. The van der Waals surface area contributed by atoms with Crippen LogP contribution in [-0.2, 0) is 9.59 Å². The van der Waals surface area contributed by atoms with Gasteiger partial charge in [0.25, 0.3) is 0 Å². The van der Waals surface area contributed by atoms with E-state index in [4.69, 9.17) is 0 Å². The Bertz CT molecular complexity index is 1320. The molecule has 1 unspecified atom stereocenters. The summed E-state index contributed by atoms with van der Waals surface area (Å²) in [5.41, 5.74) is 2.89. The first-order chi connectivity index (χ1) is 18.9. The number of aromatic nitrogens is 1. The van der Waals surface area contributed by atoms with Crippen molar-refractivity contribution in [2.24, 2.45) is 5.92 Å². The summed E-state index contributed by atoms with van der Waals surface area (Å²) in [7, 11) is 0. The van der Waals surface area contributed by atoms with Gasteiger partial charge in [-0.1, -0.05) is 18.2 Å². The Morgan fingerprint density at radius 3 is 2.41 bits per heavy atom. The summed E-state index contributed by atoms with van der Waals surface area (Å²) in [5.74, 6) is -0.642. The van der Waals surface area contributed by atoms with Gasteiger partial charge in [0.05, 0.1) is 0 Å². The monoisotopic (exact) mass is 534 g/mol. The predicted molar refractivity (Wildman–Crippen MR) is 149 cm³/mol. The zero-order valence-corrected chi connectivity index (χ0v) is 22.3. The zero-order chi connectivity index (χ0) is 27.4. The highest BCUT2D eigenvalue weighted by Crippen LogP contribution is 2.35. The standard InChI is InChI=1S/C31H36F2N4O2/c1-21(38)34-20-30(36-12-8-23(9-13-36)28-19-35-29-5-3-2-4-27(28)29)24-10-14-37(15-11-24)31(39)7-6-22-16-25(32)18-26(33)17-22/h2-7,16-19,23-24,30,35H,8-15,20H2,1H3,(H,34,38). The van der Waals surface area contributed by atoms with Crippen LogP contribution >= 0.6 is 0 Å². The number of H-pyrrole nitrogens is 1. The molecule has 3 heterocycles. The van der Waals surface area contributed by atoms with Gasteiger partial charge in [-0.25, -0.2) is 8.78 Å². The number of carbonyl (C=O) groups excluding carboxylic acids is 2. The van der Waals surface area contributed by atoms with Crippen molar-refractivity contribution in [3.05, 3.63) is 77.5 Å². The van der Waals surface area contributed by atoms with E-state index in [0.29, 0.717) is 37.0 Å². The molecule has 39 heavy (non-hydrogen) atoms. The molecule has 1 aromatic heterocycles. The van der Waals surface area contributed by atoms with Gasteiger partial charge >= 0.3 is 0 Å². The van der Waals surface area contributed by atoms with Crippen molar-refractivity contribution in [3.63, 3.8) is 0 Å². The third-order valence-corrected chi connectivity index (χ3v) is 8.32. The van der Waals surface area contributed by atoms with E-state index in [1.807, 2.05) is 0 Å². The minimum Gasteiger partial charge on any atom is -0.361 e. The fourth-order valence-corrected chi connectivity index (χ4v) is 6.26. The summed E-state index contributed by atoms with van der Waals surface area (Å²) in [6.07, 6.45) is 8.84. The van der Waals surface area contributed by atoms with Crippen LogP contribution < -0.4 is 5.32 Å². The summed E-state index contributed by atoms with van der Waals surface area (Å²) < 4.78 is 26.9. The van der Waals surface area contributed by atoms with Gasteiger partial charge in [0.1, 0.15) is 11.6 Å². The summed E-state index contributed by atoms with van der Waals surface area (Å²) >= 11 is 0. The number of fused-ring (bicyclic) bond motifs is 1. The number of rotatable bonds is 7. The molecule has 2 aliphatic heterocycles. The first-order valence-corrected chi connectivity index (χ1v) is 13.8. The number of para-hydroxylation sites is 1. The molecule has 0 bridgehead atoms. The molecule has 2 saturated heterocycles. The number of aromatic amines is 1. The van der Waals surface area contributed by atoms with Gasteiger partial charge in [-0.2, -0.15) is 0 Å². The van der Waals surface area contributed by atoms with Crippen LogP contribution in [0.25, 0.3) is 17.0 Å². The lowest BCUT2D eigenvalue weighted by Crippen LogP contribution is -2.53. The largest absolute Gasteiger partial charge is 0.361 e. The SMILES string of the molecule is CC(=O)NCC(C1CCN(C(=O)C=Cc2cc(F)cc(F)c2)CC1)N1CCC(c2c[nH]c3ccccc23)CC1. The van der Waals surface area contributed by atoms with Gasteiger partial charge in [-0.3, -0.25) is 14.5 Å². The van der Waals surface area contributed by atoms with Crippen molar-refractivity contribution in [3.8, 4) is 0 Å². The van der Waals surface area contributed by atoms with E-state index in [1.54, 1.807) is 11.8 Å². The molecular formula is C31H36F2N4O2. The number of halogens is 2. The average molecular weight is 535 g/mol. The highest BCUT2D eigenvalue weighted by molar-refractivity contribution is 5.91. The molecule has 0 aliphatic carbocycles. The smallest absolute Gasteiger partial charge is 0.246 e. The molecule has 0 saturated carbocycles. The first-order valence-electron chi connectivity index (χ1n) is 13.8. The Kier molecular flexibility index (Phi) is 8.41. The molecule has 8 heteroatoms. The molecule has 0 radical (unpaired) electrons. The minimum absolute atomic E-state index is 0.0276. The normalized spacial score (nSPS) is 18.6. The lowest BCUT2D eigenvalue weighted by molar-refractivity contribution is -0.127. The van der Waals surface area contributed by atoms with E-state index in [-0.39, 0.29) is 17.9 Å². The lowest BCUT2D eigenvalue weighted by Gasteiger charge is -2.44. The summed E-state index contributed by atoms with van der Waals surface area (Å²) in [6, 6.07) is 11.9. The maximum absolute atomic E-state index is 13.4. The Morgan fingerprint density at radius 1 is 1.03 bits per heavy atom. The van der Waals surface area contributed by atoms with E-state index in [9.17, 15) is 18.4 Å². The third kappa shape index (κ3) is 6.56. The highest BCUT2D eigenvalue weighted by Gasteiger charge is 2.34. The van der Waals surface area contributed by atoms with Crippen molar-refractivity contribution >= 4 is 28.8 Å². The fraction of sp³-hybridized carbons (Fsp3) is 0.419. The Hall–Kier alpha value is -3.52. The van der Waals surface area contributed by atoms with E-state index in [0.717, 1.165) is 44.8 Å². The molecule has 2 aromatic carbocycles. The number of amides is 2. The molecule has 5 rings (SSSR count). The highest BCUT2D eigenvalue weighted by atomic mass is 19.1. The number of hydrogen-bond acceptors (Lipinski definition) is 3. The second-order valence-electron chi connectivity index (χ2n) is 10.8. The van der Waals surface area contributed by atoms with Gasteiger partial charge in [0, 0.05) is 61.8 Å².